The Morgan fingerprint density at radius 3 is 2.67 bits per heavy atom. The maximum Gasteiger partial charge on any atom is 0.261 e. The van der Waals surface area contributed by atoms with Gasteiger partial charge in [-0.05, 0) is 24.3 Å². The van der Waals surface area contributed by atoms with Crippen molar-refractivity contribution >= 4 is 22.5 Å². The van der Waals surface area contributed by atoms with Crippen LogP contribution in [0, 0.1) is 0 Å². The van der Waals surface area contributed by atoms with Crippen molar-refractivity contribution in [3.8, 4) is 11.6 Å². The summed E-state index contributed by atoms with van der Waals surface area (Å²) in [6, 6.07) is 14.3. The van der Waals surface area contributed by atoms with Crippen LogP contribution >= 0.6 is 0 Å². The molecular weight excluding hydrogens is 268 g/mol. The first-order valence-corrected chi connectivity index (χ1v) is 6.44. The van der Waals surface area contributed by atoms with Gasteiger partial charge in [0.05, 0.1) is 12.6 Å². The van der Waals surface area contributed by atoms with E-state index >= 15 is 0 Å². The van der Waals surface area contributed by atoms with Gasteiger partial charge in [-0.25, -0.2) is 0 Å². The molecule has 5 heteroatoms. The van der Waals surface area contributed by atoms with Crippen LogP contribution < -0.4 is 10.1 Å². The SMILES string of the molecule is COc1ccc2c(C(=O)Nc3ccccc3)c(O)[nH]c2c1. The van der Waals surface area contributed by atoms with E-state index in [1.54, 1.807) is 37.4 Å². The Hall–Kier alpha value is -2.95. The minimum atomic E-state index is -0.366. The predicted octanol–water partition coefficient (Wildman–Crippen LogP) is 3.13. The molecule has 0 aliphatic rings. The summed E-state index contributed by atoms with van der Waals surface area (Å²) in [5, 5.41) is 13.4. The highest BCUT2D eigenvalue weighted by Crippen LogP contribution is 2.30. The third-order valence-electron chi connectivity index (χ3n) is 3.24. The van der Waals surface area contributed by atoms with E-state index in [9.17, 15) is 9.90 Å². The highest BCUT2D eigenvalue weighted by Gasteiger charge is 2.18. The molecule has 0 fully saturated rings. The van der Waals surface area contributed by atoms with Gasteiger partial charge in [0.15, 0.2) is 0 Å². The lowest BCUT2D eigenvalue weighted by molar-refractivity contribution is 0.102. The highest BCUT2D eigenvalue weighted by atomic mass is 16.5. The molecule has 21 heavy (non-hydrogen) atoms. The Balaban J connectivity index is 2.00. The molecule has 0 bridgehead atoms. The summed E-state index contributed by atoms with van der Waals surface area (Å²) < 4.78 is 5.13. The molecule has 3 N–H and O–H groups in total. The molecule has 0 unspecified atom stereocenters. The average Bonchev–Trinajstić information content (AvgIpc) is 2.83. The standard InChI is InChI=1S/C16H14N2O3/c1-21-11-7-8-12-13(9-11)18-16(20)14(12)15(19)17-10-5-3-2-4-6-10/h2-9,18,20H,1H3,(H,17,19). The van der Waals surface area contributed by atoms with Crippen molar-refractivity contribution in [1.29, 1.82) is 0 Å². The van der Waals surface area contributed by atoms with Crippen LogP contribution in [0.25, 0.3) is 10.9 Å². The Morgan fingerprint density at radius 2 is 1.95 bits per heavy atom. The monoisotopic (exact) mass is 282 g/mol. The Kier molecular flexibility index (Phi) is 3.23. The summed E-state index contributed by atoms with van der Waals surface area (Å²) in [6.45, 7) is 0. The van der Waals surface area contributed by atoms with Gasteiger partial charge in [-0.1, -0.05) is 18.2 Å². The van der Waals surface area contributed by atoms with E-state index in [0.29, 0.717) is 22.3 Å². The van der Waals surface area contributed by atoms with E-state index in [1.807, 2.05) is 18.2 Å². The maximum atomic E-state index is 12.3. The first kappa shape index (κ1) is 13.1. The first-order valence-electron chi connectivity index (χ1n) is 6.44. The molecule has 1 aromatic heterocycles. The summed E-state index contributed by atoms with van der Waals surface area (Å²) in [5.41, 5.74) is 1.53. The molecule has 5 nitrogen and oxygen atoms in total. The third-order valence-corrected chi connectivity index (χ3v) is 3.24. The van der Waals surface area contributed by atoms with Crippen molar-refractivity contribution < 1.29 is 14.6 Å². The van der Waals surface area contributed by atoms with Crippen LogP contribution in [-0.2, 0) is 0 Å². The summed E-state index contributed by atoms with van der Waals surface area (Å²) in [7, 11) is 1.56. The molecule has 0 aliphatic heterocycles. The number of benzene rings is 2. The number of carbonyl (C=O) groups is 1. The molecule has 0 saturated heterocycles. The number of carbonyl (C=O) groups excluding carboxylic acids is 1. The lowest BCUT2D eigenvalue weighted by atomic mass is 10.1. The van der Waals surface area contributed by atoms with Gasteiger partial charge in [0.2, 0.25) is 5.88 Å². The number of rotatable bonds is 3. The number of H-pyrrole nitrogens is 1. The van der Waals surface area contributed by atoms with E-state index in [2.05, 4.69) is 10.3 Å². The van der Waals surface area contributed by atoms with E-state index in [0.717, 1.165) is 0 Å². The number of amides is 1. The second kappa shape index (κ2) is 5.20. The quantitative estimate of drug-likeness (QED) is 0.691. The van der Waals surface area contributed by atoms with Crippen LogP contribution in [0.4, 0.5) is 5.69 Å². The zero-order chi connectivity index (χ0) is 14.8. The lowest BCUT2D eigenvalue weighted by Crippen LogP contribution is -2.11. The Morgan fingerprint density at radius 1 is 1.19 bits per heavy atom. The van der Waals surface area contributed by atoms with Crippen molar-refractivity contribution in [1.82, 2.24) is 4.98 Å². The van der Waals surface area contributed by atoms with Gasteiger partial charge < -0.3 is 20.1 Å². The molecule has 0 aliphatic carbocycles. The number of para-hydroxylation sites is 1. The molecule has 3 rings (SSSR count). The summed E-state index contributed by atoms with van der Waals surface area (Å²) in [6.07, 6.45) is 0. The number of hydrogen-bond donors (Lipinski definition) is 3. The van der Waals surface area contributed by atoms with Crippen molar-refractivity contribution in [2.45, 2.75) is 0 Å². The molecule has 106 valence electrons. The fourth-order valence-electron chi connectivity index (χ4n) is 2.23. The van der Waals surface area contributed by atoms with E-state index in [1.165, 1.54) is 0 Å². The normalized spacial score (nSPS) is 10.5. The van der Waals surface area contributed by atoms with Crippen molar-refractivity contribution in [2.24, 2.45) is 0 Å². The van der Waals surface area contributed by atoms with Gasteiger partial charge in [-0.15, -0.1) is 0 Å². The average molecular weight is 282 g/mol. The Labute approximate surface area is 121 Å². The van der Waals surface area contributed by atoms with Crippen LogP contribution in [-0.4, -0.2) is 23.1 Å². The Bertz CT molecular complexity index is 794. The molecule has 3 aromatic rings. The van der Waals surface area contributed by atoms with Crippen LogP contribution in [0.1, 0.15) is 10.4 Å². The minimum absolute atomic E-state index is 0.160. The zero-order valence-corrected chi connectivity index (χ0v) is 11.4. The largest absolute Gasteiger partial charge is 0.497 e. The van der Waals surface area contributed by atoms with Gasteiger partial charge in [-0.2, -0.15) is 0 Å². The first-order chi connectivity index (χ1) is 10.2. The van der Waals surface area contributed by atoms with Gasteiger partial charge in [-0.3, -0.25) is 4.79 Å². The fraction of sp³-hybridized carbons (Fsp3) is 0.0625. The van der Waals surface area contributed by atoms with Gasteiger partial charge in [0, 0.05) is 17.1 Å². The highest BCUT2D eigenvalue weighted by molar-refractivity contribution is 6.15. The topological polar surface area (TPSA) is 74.3 Å². The number of fused-ring (bicyclic) bond motifs is 1. The van der Waals surface area contributed by atoms with E-state index in [-0.39, 0.29) is 17.4 Å². The number of methoxy groups -OCH3 is 1. The molecule has 1 amide bonds. The predicted molar refractivity (Wildman–Crippen MR) is 80.9 cm³/mol. The van der Waals surface area contributed by atoms with Gasteiger partial charge in [0.25, 0.3) is 5.91 Å². The molecule has 0 saturated carbocycles. The number of ether oxygens (including phenoxy) is 1. The number of aromatic amines is 1. The minimum Gasteiger partial charge on any atom is -0.497 e. The van der Waals surface area contributed by atoms with Gasteiger partial charge in [0.1, 0.15) is 11.3 Å². The van der Waals surface area contributed by atoms with Crippen LogP contribution in [0.15, 0.2) is 48.5 Å². The van der Waals surface area contributed by atoms with Crippen molar-refractivity contribution in [3.63, 3.8) is 0 Å². The van der Waals surface area contributed by atoms with Crippen LogP contribution in [0.2, 0.25) is 0 Å². The smallest absolute Gasteiger partial charge is 0.261 e. The maximum absolute atomic E-state index is 12.3. The zero-order valence-electron chi connectivity index (χ0n) is 11.4. The van der Waals surface area contributed by atoms with E-state index in [4.69, 9.17) is 4.74 Å². The number of anilines is 1. The number of aromatic hydroxyl groups is 1. The second-order valence-corrected chi connectivity index (χ2v) is 4.58. The summed E-state index contributed by atoms with van der Waals surface area (Å²) >= 11 is 0. The van der Waals surface area contributed by atoms with Crippen molar-refractivity contribution in [3.05, 3.63) is 54.1 Å². The second-order valence-electron chi connectivity index (χ2n) is 4.58. The van der Waals surface area contributed by atoms with Gasteiger partial charge >= 0.3 is 0 Å². The lowest BCUT2D eigenvalue weighted by Gasteiger charge is -2.04. The van der Waals surface area contributed by atoms with Crippen LogP contribution in [0.5, 0.6) is 11.6 Å². The molecule has 0 atom stereocenters. The van der Waals surface area contributed by atoms with Crippen molar-refractivity contribution in [2.75, 3.05) is 12.4 Å². The fourth-order valence-corrected chi connectivity index (χ4v) is 2.23. The molecule has 0 radical (unpaired) electrons. The van der Waals surface area contributed by atoms with E-state index < -0.39 is 0 Å². The number of nitrogens with one attached hydrogen (secondary N) is 2. The van der Waals surface area contributed by atoms with Crippen LogP contribution in [0.3, 0.4) is 0 Å². The number of hydrogen-bond acceptors (Lipinski definition) is 3. The molecule has 0 spiro atoms. The summed E-state index contributed by atoms with van der Waals surface area (Å²) in [4.78, 5) is 15.1. The molecule has 1 heterocycles. The molecular formula is C16H14N2O3. The summed E-state index contributed by atoms with van der Waals surface area (Å²) in [5.74, 6) is 0.126. The number of aromatic nitrogens is 1. The molecule has 2 aromatic carbocycles. The third kappa shape index (κ3) is 2.41.